The van der Waals surface area contributed by atoms with Crippen molar-refractivity contribution in [1.82, 2.24) is 0 Å². The second-order valence-corrected chi connectivity index (χ2v) is 4.15. The van der Waals surface area contributed by atoms with Crippen LogP contribution in [0.4, 0.5) is 4.39 Å². The lowest BCUT2D eigenvalue weighted by molar-refractivity contribution is -0.162. The maximum atomic E-state index is 13.3. The van der Waals surface area contributed by atoms with Gasteiger partial charge in [0.25, 0.3) is 0 Å². The first kappa shape index (κ1) is 15.7. The van der Waals surface area contributed by atoms with Gasteiger partial charge in [-0.2, -0.15) is 0 Å². The molecule has 0 aliphatic rings. The van der Waals surface area contributed by atoms with Gasteiger partial charge in [-0.15, -0.1) is 12.3 Å². The summed E-state index contributed by atoms with van der Waals surface area (Å²) in [6.07, 6.45) is 5.05. The molecule has 0 saturated carbocycles. The number of hydrogen-bond donors (Lipinski definition) is 1. The molecular formula is C15H15FO4. The summed E-state index contributed by atoms with van der Waals surface area (Å²) in [5.41, 5.74) is -1.96. The van der Waals surface area contributed by atoms with Crippen LogP contribution in [0, 0.1) is 18.2 Å². The number of hydrogen-bond acceptors (Lipinski definition) is 3. The summed E-state index contributed by atoms with van der Waals surface area (Å²) >= 11 is 0. The van der Waals surface area contributed by atoms with Crippen LogP contribution in [0.2, 0.25) is 0 Å². The lowest BCUT2D eigenvalue weighted by atomic mass is 9.76. The van der Waals surface area contributed by atoms with Gasteiger partial charge in [0.2, 0.25) is 0 Å². The third kappa shape index (κ3) is 2.97. The number of aliphatic carboxylic acids is 1. The van der Waals surface area contributed by atoms with Crippen LogP contribution in [0.5, 0.6) is 0 Å². The number of terminal acetylenes is 1. The largest absolute Gasteiger partial charge is 0.480 e. The van der Waals surface area contributed by atoms with Crippen molar-refractivity contribution in [2.45, 2.75) is 25.2 Å². The molecule has 0 spiro atoms. The van der Waals surface area contributed by atoms with Gasteiger partial charge in [0.05, 0.1) is 6.61 Å². The molecule has 1 aromatic rings. The van der Waals surface area contributed by atoms with Gasteiger partial charge < -0.3 is 9.84 Å². The lowest BCUT2D eigenvalue weighted by Crippen LogP contribution is -2.45. The minimum atomic E-state index is -1.98. The molecule has 0 aliphatic heterocycles. The summed E-state index contributed by atoms with van der Waals surface area (Å²) in [5, 5.41) is 9.50. The van der Waals surface area contributed by atoms with E-state index >= 15 is 0 Å². The molecule has 0 bridgehead atoms. The topological polar surface area (TPSA) is 63.6 Å². The number of carbonyl (C=O) groups is 2. The van der Waals surface area contributed by atoms with Gasteiger partial charge in [0.15, 0.2) is 5.41 Å². The van der Waals surface area contributed by atoms with Gasteiger partial charge in [0.1, 0.15) is 5.82 Å². The fraction of sp³-hybridized carbons (Fsp3) is 0.333. The molecule has 0 amide bonds. The van der Waals surface area contributed by atoms with Gasteiger partial charge in [-0.05, 0) is 31.0 Å². The highest BCUT2D eigenvalue weighted by Crippen LogP contribution is 2.32. The zero-order valence-corrected chi connectivity index (χ0v) is 11.1. The van der Waals surface area contributed by atoms with E-state index in [4.69, 9.17) is 11.2 Å². The van der Waals surface area contributed by atoms with Crippen LogP contribution < -0.4 is 0 Å². The van der Waals surface area contributed by atoms with Gasteiger partial charge in [0, 0.05) is 6.42 Å². The fourth-order valence-electron chi connectivity index (χ4n) is 1.95. The average molecular weight is 278 g/mol. The summed E-state index contributed by atoms with van der Waals surface area (Å²) in [7, 11) is 0. The minimum absolute atomic E-state index is 0.0266. The standard InChI is InChI=1S/C15H15FO4/c1-3-5-9-15(13(17)18,14(19)20-4-2)11-7-6-8-12(16)10-11/h1,6-8,10H,4-5,9H2,2H3,(H,17,18). The van der Waals surface area contributed by atoms with E-state index in [9.17, 15) is 19.1 Å². The Labute approximate surface area is 116 Å². The van der Waals surface area contributed by atoms with Crippen molar-refractivity contribution in [2.75, 3.05) is 6.61 Å². The molecule has 0 heterocycles. The Kier molecular flexibility index (Phi) is 5.27. The summed E-state index contributed by atoms with van der Waals surface area (Å²) in [6, 6.07) is 4.91. The first-order valence-electron chi connectivity index (χ1n) is 6.09. The van der Waals surface area contributed by atoms with E-state index in [2.05, 4.69) is 5.92 Å². The SMILES string of the molecule is C#CCCC(C(=O)O)(C(=O)OCC)c1cccc(F)c1. The molecule has 0 saturated heterocycles. The Morgan fingerprint density at radius 1 is 1.50 bits per heavy atom. The van der Waals surface area contributed by atoms with E-state index in [1.807, 2.05) is 0 Å². The number of carboxylic acid groups (broad SMARTS) is 1. The number of benzene rings is 1. The predicted molar refractivity (Wildman–Crippen MR) is 70.4 cm³/mol. The smallest absolute Gasteiger partial charge is 0.328 e. The highest BCUT2D eigenvalue weighted by molar-refractivity contribution is 6.05. The van der Waals surface area contributed by atoms with Crippen LogP contribution in [-0.4, -0.2) is 23.7 Å². The third-order valence-electron chi connectivity index (χ3n) is 2.95. The Balaban J connectivity index is 3.40. The predicted octanol–water partition coefficient (Wildman–Crippen LogP) is 2.12. The summed E-state index contributed by atoms with van der Waals surface area (Å²) in [6.45, 7) is 1.59. The van der Waals surface area contributed by atoms with Gasteiger partial charge in [-0.1, -0.05) is 12.1 Å². The molecule has 5 heteroatoms. The second-order valence-electron chi connectivity index (χ2n) is 4.15. The molecule has 4 nitrogen and oxygen atoms in total. The van der Waals surface area contributed by atoms with Crippen LogP contribution in [0.15, 0.2) is 24.3 Å². The van der Waals surface area contributed by atoms with E-state index in [-0.39, 0.29) is 25.0 Å². The van der Waals surface area contributed by atoms with Gasteiger partial charge in [-0.25, -0.2) is 4.39 Å². The van der Waals surface area contributed by atoms with Crippen LogP contribution in [0.25, 0.3) is 0 Å². The van der Waals surface area contributed by atoms with Crippen molar-refractivity contribution >= 4 is 11.9 Å². The number of carbonyl (C=O) groups excluding carboxylic acids is 1. The monoisotopic (exact) mass is 278 g/mol. The number of esters is 1. The first-order valence-corrected chi connectivity index (χ1v) is 6.09. The molecule has 0 aliphatic carbocycles. The maximum absolute atomic E-state index is 13.3. The Hall–Kier alpha value is -2.35. The number of ether oxygens (including phenoxy) is 1. The number of carboxylic acids is 1. The lowest BCUT2D eigenvalue weighted by Gasteiger charge is -2.27. The molecule has 0 fully saturated rings. The van der Waals surface area contributed by atoms with Crippen LogP contribution >= 0.6 is 0 Å². The fourth-order valence-corrected chi connectivity index (χ4v) is 1.95. The van der Waals surface area contributed by atoms with Gasteiger partial charge in [-0.3, -0.25) is 9.59 Å². The normalized spacial score (nSPS) is 13.1. The zero-order valence-electron chi connectivity index (χ0n) is 11.1. The Bertz CT molecular complexity index is 547. The minimum Gasteiger partial charge on any atom is -0.480 e. The average Bonchev–Trinajstić information content (AvgIpc) is 2.39. The molecule has 106 valence electrons. The van der Waals surface area contributed by atoms with Crippen molar-refractivity contribution in [3.05, 3.63) is 35.6 Å². The van der Waals surface area contributed by atoms with E-state index in [0.29, 0.717) is 0 Å². The molecule has 20 heavy (non-hydrogen) atoms. The molecule has 1 aromatic carbocycles. The number of rotatable bonds is 6. The second kappa shape index (κ2) is 6.71. The molecule has 1 atom stereocenters. The van der Waals surface area contributed by atoms with Crippen LogP contribution in [0.3, 0.4) is 0 Å². The van der Waals surface area contributed by atoms with Crippen molar-refractivity contribution < 1.29 is 23.8 Å². The summed E-state index contributed by atoms with van der Waals surface area (Å²) < 4.78 is 18.2. The van der Waals surface area contributed by atoms with Crippen molar-refractivity contribution in [1.29, 1.82) is 0 Å². The molecular weight excluding hydrogens is 263 g/mol. The highest BCUT2D eigenvalue weighted by Gasteiger charge is 2.49. The molecule has 1 rings (SSSR count). The third-order valence-corrected chi connectivity index (χ3v) is 2.95. The van der Waals surface area contributed by atoms with Gasteiger partial charge >= 0.3 is 11.9 Å². The van der Waals surface area contributed by atoms with Crippen LogP contribution in [0.1, 0.15) is 25.3 Å². The first-order chi connectivity index (χ1) is 9.48. The van der Waals surface area contributed by atoms with Crippen molar-refractivity contribution in [3.8, 4) is 12.3 Å². The van der Waals surface area contributed by atoms with Crippen molar-refractivity contribution in [3.63, 3.8) is 0 Å². The van der Waals surface area contributed by atoms with Crippen molar-refractivity contribution in [2.24, 2.45) is 0 Å². The maximum Gasteiger partial charge on any atom is 0.328 e. The molecule has 1 N–H and O–H groups in total. The van der Waals surface area contributed by atoms with E-state index in [1.54, 1.807) is 6.92 Å². The van der Waals surface area contributed by atoms with E-state index < -0.39 is 23.2 Å². The Morgan fingerprint density at radius 2 is 2.20 bits per heavy atom. The zero-order chi connectivity index (χ0) is 15.2. The van der Waals surface area contributed by atoms with E-state index in [0.717, 1.165) is 6.07 Å². The molecule has 1 unspecified atom stereocenters. The quantitative estimate of drug-likeness (QED) is 0.492. The van der Waals surface area contributed by atoms with Crippen LogP contribution in [-0.2, 0) is 19.7 Å². The Morgan fingerprint density at radius 3 is 2.70 bits per heavy atom. The number of halogens is 1. The molecule has 0 radical (unpaired) electrons. The van der Waals surface area contributed by atoms with E-state index in [1.165, 1.54) is 18.2 Å². The molecule has 0 aromatic heterocycles. The summed E-state index contributed by atoms with van der Waals surface area (Å²) in [4.78, 5) is 23.8. The summed E-state index contributed by atoms with van der Waals surface area (Å²) in [5.74, 6) is -0.675. The highest BCUT2D eigenvalue weighted by atomic mass is 19.1.